The fraction of sp³-hybridized carbons (Fsp3) is 0.667. The average Bonchev–Trinajstić information content (AvgIpc) is 2.31. The van der Waals surface area contributed by atoms with E-state index in [9.17, 15) is 0 Å². The number of aromatic amines is 1. The van der Waals surface area contributed by atoms with E-state index in [1.165, 1.54) is 30.8 Å². The highest BCUT2D eigenvalue weighted by Gasteiger charge is 2.07. The van der Waals surface area contributed by atoms with Crippen LogP contribution in [0.5, 0.6) is 0 Å². The fourth-order valence-electron chi connectivity index (χ4n) is 1.19. The van der Waals surface area contributed by atoms with E-state index in [0.717, 1.165) is 0 Å². The summed E-state index contributed by atoms with van der Waals surface area (Å²) in [6.45, 7) is 4.31. The number of hydrogen-bond acceptors (Lipinski definition) is 1. The molecule has 1 heterocycles. The Kier molecular flexibility index (Phi) is 4.59. The third-order valence-corrected chi connectivity index (χ3v) is 2.17. The van der Waals surface area contributed by atoms with Gasteiger partial charge in [0, 0.05) is 13.3 Å². The largest absolute Gasteiger partial charge is 0.870 e. The number of H-pyrrole nitrogens is 1. The topological polar surface area (TPSA) is 49.7 Å². The summed E-state index contributed by atoms with van der Waals surface area (Å²) in [5.41, 5.74) is 1.41. The van der Waals surface area contributed by atoms with Crippen molar-refractivity contribution in [2.45, 2.75) is 33.1 Å². The SMILES string of the molecule is CCCCc1c[nH]c(C)[n+]1C.[OH-]. The molecule has 0 aliphatic heterocycles. The van der Waals surface area contributed by atoms with Gasteiger partial charge in [0.05, 0.1) is 7.05 Å². The van der Waals surface area contributed by atoms with Gasteiger partial charge in [-0.05, 0) is 6.42 Å². The van der Waals surface area contributed by atoms with E-state index in [0.29, 0.717) is 0 Å². The second-order valence-corrected chi connectivity index (χ2v) is 3.03. The fourth-order valence-corrected chi connectivity index (χ4v) is 1.19. The lowest BCUT2D eigenvalue weighted by Gasteiger charge is -1.94. The molecule has 0 saturated carbocycles. The molecule has 0 saturated heterocycles. The minimum atomic E-state index is 0. The smallest absolute Gasteiger partial charge is 0.251 e. The molecule has 0 aliphatic carbocycles. The van der Waals surface area contributed by atoms with Crippen LogP contribution in [0.2, 0.25) is 0 Å². The third-order valence-electron chi connectivity index (χ3n) is 2.17. The molecular formula is C9H18N2O. The quantitative estimate of drug-likeness (QED) is 0.683. The Balaban J connectivity index is 0.00000121. The van der Waals surface area contributed by atoms with Gasteiger partial charge in [0.15, 0.2) is 0 Å². The molecular weight excluding hydrogens is 152 g/mol. The number of aromatic nitrogens is 2. The van der Waals surface area contributed by atoms with Crippen molar-refractivity contribution in [1.82, 2.24) is 4.98 Å². The van der Waals surface area contributed by atoms with Crippen molar-refractivity contribution in [3.63, 3.8) is 0 Å². The zero-order valence-corrected chi connectivity index (χ0v) is 8.09. The molecule has 2 N–H and O–H groups in total. The minimum Gasteiger partial charge on any atom is -0.870 e. The number of unbranched alkanes of at least 4 members (excludes halogenated alkanes) is 1. The molecule has 70 valence electrons. The maximum Gasteiger partial charge on any atom is 0.251 e. The summed E-state index contributed by atoms with van der Waals surface area (Å²) in [5.74, 6) is 1.23. The van der Waals surface area contributed by atoms with Crippen LogP contribution in [0.4, 0.5) is 0 Å². The first-order valence-electron chi connectivity index (χ1n) is 4.28. The number of aryl methyl sites for hydroxylation is 2. The maximum atomic E-state index is 3.21. The number of nitrogens with zero attached hydrogens (tertiary/aromatic N) is 1. The standard InChI is InChI=1S/C9H16N2.H2O/c1-4-5-6-9-7-10-8(2)11(9)3;/h7H,4-6H2,1-3H3;1H2. The number of imidazole rings is 1. The van der Waals surface area contributed by atoms with Gasteiger partial charge in [-0.1, -0.05) is 13.3 Å². The Hall–Kier alpha value is -0.830. The number of hydrogen-bond donors (Lipinski definition) is 1. The molecule has 0 unspecified atom stereocenters. The number of nitrogens with one attached hydrogen (secondary N) is 1. The first-order valence-corrected chi connectivity index (χ1v) is 4.28. The normalized spacial score (nSPS) is 9.58. The van der Waals surface area contributed by atoms with Gasteiger partial charge in [0.2, 0.25) is 0 Å². The molecule has 0 radical (unpaired) electrons. The summed E-state index contributed by atoms with van der Waals surface area (Å²) in [4.78, 5) is 3.21. The van der Waals surface area contributed by atoms with Crippen molar-refractivity contribution in [2.75, 3.05) is 0 Å². The molecule has 0 spiro atoms. The lowest BCUT2D eigenvalue weighted by Crippen LogP contribution is -2.33. The summed E-state index contributed by atoms with van der Waals surface area (Å²) in [6, 6.07) is 0. The molecule has 12 heavy (non-hydrogen) atoms. The van der Waals surface area contributed by atoms with Crippen LogP contribution in [0.1, 0.15) is 31.3 Å². The summed E-state index contributed by atoms with van der Waals surface area (Å²) in [7, 11) is 2.11. The van der Waals surface area contributed by atoms with E-state index in [4.69, 9.17) is 0 Å². The lowest BCUT2D eigenvalue weighted by molar-refractivity contribution is -0.683. The molecule has 1 aromatic heterocycles. The second kappa shape index (κ2) is 4.93. The van der Waals surface area contributed by atoms with E-state index < -0.39 is 0 Å². The molecule has 0 fully saturated rings. The molecule has 0 atom stereocenters. The zero-order valence-electron chi connectivity index (χ0n) is 8.09. The third kappa shape index (κ3) is 2.34. The van der Waals surface area contributed by atoms with Crippen LogP contribution in [-0.2, 0) is 13.5 Å². The van der Waals surface area contributed by atoms with Crippen molar-refractivity contribution in [2.24, 2.45) is 7.05 Å². The van der Waals surface area contributed by atoms with Crippen molar-refractivity contribution in [1.29, 1.82) is 0 Å². The molecule has 0 bridgehead atoms. The number of rotatable bonds is 3. The Morgan fingerprint density at radius 1 is 1.50 bits per heavy atom. The van der Waals surface area contributed by atoms with Crippen molar-refractivity contribution in [3.8, 4) is 0 Å². The van der Waals surface area contributed by atoms with Crippen LogP contribution >= 0.6 is 0 Å². The molecule has 1 aromatic rings. The predicted octanol–water partition coefficient (Wildman–Crippen LogP) is 1.31. The monoisotopic (exact) mass is 170 g/mol. The highest BCUT2D eigenvalue weighted by molar-refractivity contribution is 4.89. The lowest BCUT2D eigenvalue weighted by atomic mass is 10.2. The van der Waals surface area contributed by atoms with Gasteiger partial charge < -0.3 is 5.48 Å². The molecule has 3 nitrogen and oxygen atoms in total. The van der Waals surface area contributed by atoms with Gasteiger partial charge in [0.25, 0.3) is 5.82 Å². The van der Waals surface area contributed by atoms with Crippen LogP contribution in [0.15, 0.2) is 6.20 Å². The molecule has 1 rings (SSSR count). The Morgan fingerprint density at radius 3 is 2.58 bits per heavy atom. The molecule has 0 aromatic carbocycles. The van der Waals surface area contributed by atoms with Gasteiger partial charge >= 0.3 is 0 Å². The summed E-state index contributed by atoms with van der Waals surface area (Å²) in [6.07, 6.45) is 5.84. The second-order valence-electron chi connectivity index (χ2n) is 3.03. The van der Waals surface area contributed by atoms with E-state index in [-0.39, 0.29) is 5.48 Å². The highest BCUT2D eigenvalue weighted by atomic mass is 16.0. The van der Waals surface area contributed by atoms with E-state index in [1.54, 1.807) is 0 Å². The van der Waals surface area contributed by atoms with Gasteiger partial charge in [-0.15, -0.1) is 0 Å². The Morgan fingerprint density at radius 2 is 2.17 bits per heavy atom. The Labute approximate surface area is 73.7 Å². The van der Waals surface area contributed by atoms with Crippen LogP contribution in [0.3, 0.4) is 0 Å². The van der Waals surface area contributed by atoms with E-state index >= 15 is 0 Å². The van der Waals surface area contributed by atoms with Crippen molar-refractivity contribution in [3.05, 3.63) is 17.7 Å². The van der Waals surface area contributed by atoms with Gasteiger partial charge in [-0.25, -0.2) is 9.55 Å². The van der Waals surface area contributed by atoms with Gasteiger partial charge in [-0.2, -0.15) is 0 Å². The van der Waals surface area contributed by atoms with Crippen LogP contribution in [0, 0.1) is 6.92 Å². The zero-order chi connectivity index (χ0) is 8.27. The van der Waals surface area contributed by atoms with Crippen LogP contribution < -0.4 is 4.57 Å². The van der Waals surface area contributed by atoms with Crippen molar-refractivity contribution < 1.29 is 10.0 Å². The molecule has 0 amide bonds. The average molecular weight is 170 g/mol. The summed E-state index contributed by atoms with van der Waals surface area (Å²) >= 11 is 0. The molecule has 0 aliphatic rings. The van der Waals surface area contributed by atoms with Gasteiger partial charge in [-0.3, -0.25) is 0 Å². The minimum absolute atomic E-state index is 0. The van der Waals surface area contributed by atoms with E-state index in [1.807, 2.05) is 0 Å². The van der Waals surface area contributed by atoms with Crippen molar-refractivity contribution >= 4 is 0 Å². The van der Waals surface area contributed by atoms with Crippen LogP contribution in [0.25, 0.3) is 0 Å². The van der Waals surface area contributed by atoms with Gasteiger partial charge in [0.1, 0.15) is 11.9 Å². The predicted molar refractivity (Wildman–Crippen MR) is 47.3 cm³/mol. The highest BCUT2D eigenvalue weighted by Crippen LogP contribution is 1.98. The first kappa shape index (κ1) is 11.2. The Bertz CT molecular complexity index is 230. The summed E-state index contributed by atoms with van der Waals surface area (Å²) in [5, 5.41) is 0. The first-order chi connectivity index (χ1) is 5.25. The summed E-state index contributed by atoms with van der Waals surface area (Å²) < 4.78 is 2.22. The molecule has 3 heteroatoms. The van der Waals surface area contributed by atoms with Crippen LogP contribution in [-0.4, -0.2) is 10.5 Å². The van der Waals surface area contributed by atoms with E-state index in [2.05, 4.69) is 36.6 Å². The maximum absolute atomic E-state index is 3.21.